The molecule has 2 rings (SSSR count). The summed E-state index contributed by atoms with van der Waals surface area (Å²) in [7, 11) is -4.96. The fraction of sp³-hybridized carbons (Fsp3) is 1.00. The van der Waals surface area contributed by atoms with E-state index in [0.29, 0.717) is 6.42 Å². The van der Waals surface area contributed by atoms with Crippen LogP contribution in [0.15, 0.2) is 0 Å². The molecule has 18 heteroatoms. The van der Waals surface area contributed by atoms with E-state index in [1.165, 1.54) is 70.6 Å². The molecule has 0 spiro atoms. The summed E-state index contributed by atoms with van der Waals surface area (Å²) in [6.45, 7) is -0.644. The monoisotopic (exact) mass is 770 g/mol. The second-order valence-electron chi connectivity index (χ2n) is 13.4. The minimum atomic E-state index is -4.96. The van der Waals surface area contributed by atoms with E-state index in [-0.39, 0.29) is 36.2 Å². The minimum Gasteiger partial charge on any atom is -0.756 e. The van der Waals surface area contributed by atoms with E-state index in [0.717, 1.165) is 25.7 Å². The summed E-state index contributed by atoms with van der Waals surface area (Å²) in [5.41, 5.74) is 0. The van der Waals surface area contributed by atoms with Crippen LogP contribution in [-0.2, 0) is 32.6 Å². The van der Waals surface area contributed by atoms with Crippen molar-refractivity contribution in [1.29, 1.82) is 0 Å². The van der Waals surface area contributed by atoms with Crippen LogP contribution < -0.4 is 34.5 Å². The summed E-state index contributed by atoms with van der Waals surface area (Å²) in [4.78, 5) is 12.7. The molecule has 11 atom stereocenters. The van der Waals surface area contributed by atoms with Gasteiger partial charge in [0.15, 0.2) is 12.6 Å². The van der Waals surface area contributed by atoms with E-state index in [1.807, 2.05) is 0 Å². The Labute approximate surface area is 324 Å². The molecule has 2 saturated heterocycles. The Kier molecular flexibility index (Phi) is 27.3. The predicted octanol–water partition coefficient (Wildman–Crippen LogP) is -2.24. The number of rotatable bonds is 28. The zero-order valence-corrected chi connectivity index (χ0v) is 33.4. The first kappa shape index (κ1) is 49.6. The molecule has 0 bridgehead atoms. The maximum Gasteiger partial charge on any atom is 1.00 e. The largest absolute Gasteiger partial charge is 1.00 e. The maximum absolute atomic E-state index is 12.7. The number of aliphatic hydroxyl groups excluding tert-OH is 8. The van der Waals surface area contributed by atoms with Crippen molar-refractivity contribution in [2.45, 2.75) is 177 Å². The van der Waals surface area contributed by atoms with E-state index >= 15 is 0 Å². The van der Waals surface area contributed by atoms with Gasteiger partial charge in [0, 0.05) is 0 Å². The van der Waals surface area contributed by atoms with Gasteiger partial charge >= 0.3 is 29.6 Å². The molecule has 11 unspecified atom stereocenters. The molecule has 2 aliphatic heterocycles. The van der Waals surface area contributed by atoms with Gasteiger partial charge in [0.2, 0.25) is 0 Å². The molecule has 8 N–H and O–H groups in total. The summed E-state index contributed by atoms with van der Waals surface area (Å²) >= 11 is 0. The predicted molar refractivity (Wildman–Crippen MR) is 177 cm³/mol. The molecular weight excluding hydrogens is 706 g/mol. The molecule has 0 amide bonds. The standard InChI is InChI=1S/C33H65O16P.Na/c1-2-3-4-5-6-7-8-9-10-11-12-13-14-15-16-17-18-46-50(42,43)49-23(21-44-32-30(40)28(38)26(36)24(19-34)47-32)22-45-33-31(41)29(39)27(37)25(20-35)48-33;/h23-41H,2-22H2,1H3,(H,42,43);/q;+1/p-1. The molecule has 2 fully saturated rings. The van der Waals surface area contributed by atoms with Crippen LogP contribution in [0.5, 0.6) is 0 Å². The molecule has 0 aromatic heterocycles. The average Bonchev–Trinajstić information content (AvgIpc) is 3.10. The van der Waals surface area contributed by atoms with Crippen LogP contribution in [0.1, 0.15) is 110 Å². The third-order valence-corrected chi connectivity index (χ3v) is 10.2. The Morgan fingerprint density at radius 3 is 1.29 bits per heavy atom. The Morgan fingerprint density at radius 1 is 0.588 bits per heavy atom. The number of hydrogen-bond acceptors (Lipinski definition) is 16. The van der Waals surface area contributed by atoms with Gasteiger partial charge in [-0.05, 0) is 6.42 Å². The van der Waals surface area contributed by atoms with E-state index in [9.17, 15) is 50.3 Å². The van der Waals surface area contributed by atoms with E-state index in [2.05, 4.69) is 6.92 Å². The fourth-order valence-electron chi connectivity index (χ4n) is 5.96. The summed E-state index contributed by atoms with van der Waals surface area (Å²) in [6.07, 6.45) is 1.05. The molecule has 51 heavy (non-hydrogen) atoms. The van der Waals surface area contributed by atoms with Crippen LogP contribution >= 0.6 is 7.82 Å². The van der Waals surface area contributed by atoms with Crippen LogP contribution in [0, 0.1) is 0 Å². The molecule has 0 saturated carbocycles. The fourth-order valence-corrected chi connectivity index (χ4v) is 6.86. The number of hydrogen-bond donors (Lipinski definition) is 8. The Hall–Kier alpha value is 0.630. The number of phosphoric ester groups is 1. The van der Waals surface area contributed by atoms with Crippen LogP contribution in [0.3, 0.4) is 0 Å². The van der Waals surface area contributed by atoms with Crippen molar-refractivity contribution >= 4 is 7.82 Å². The molecule has 298 valence electrons. The Bertz CT molecular complexity index is 867. The van der Waals surface area contributed by atoms with Crippen LogP contribution in [0.4, 0.5) is 0 Å². The van der Waals surface area contributed by atoms with Crippen molar-refractivity contribution in [3.05, 3.63) is 0 Å². The summed E-state index contributed by atoms with van der Waals surface area (Å²) in [5, 5.41) is 79.5. The quantitative estimate of drug-likeness (QED) is 0.0238. The van der Waals surface area contributed by atoms with Crippen LogP contribution in [-0.4, -0.2) is 141 Å². The molecule has 0 aromatic carbocycles. The third-order valence-electron chi connectivity index (χ3n) is 9.12. The molecular formula is C33H64NaO16P. The number of aliphatic hydroxyl groups is 8. The first-order chi connectivity index (χ1) is 23.9. The number of ether oxygens (including phenoxy) is 4. The summed E-state index contributed by atoms with van der Waals surface area (Å²) in [6, 6.07) is 0. The average molecular weight is 771 g/mol. The zero-order valence-electron chi connectivity index (χ0n) is 30.5. The third kappa shape index (κ3) is 18.9. The van der Waals surface area contributed by atoms with E-state index in [1.54, 1.807) is 0 Å². The van der Waals surface area contributed by atoms with Gasteiger partial charge in [-0.1, -0.05) is 103 Å². The molecule has 16 nitrogen and oxygen atoms in total. The molecule has 0 radical (unpaired) electrons. The number of unbranched alkanes of at least 4 members (excludes halogenated alkanes) is 15. The topological polar surface area (TPSA) is 257 Å². The minimum absolute atomic E-state index is 0. The molecule has 0 aromatic rings. The smallest absolute Gasteiger partial charge is 0.756 e. The van der Waals surface area contributed by atoms with Gasteiger partial charge in [-0.15, -0.1) is 0 Å². The van der Waals surface area contributed by atoms with Gasteiger partial charge in [-0.3, -0.25) is 4.57 Å². The maximum atomic E-state index is 12.7. The van der Waals surface area contributed by atoms with Crippen molar-refractivity contribution < 1.29 is 108 Å². The van der Waals surface area contributed by atoms with Crippen LogP contribution in [0.25, 0.3) is 0 Å². The van der Waals surface area contributed by atoms with Crippen LogP contribution in [0.2, 0.25) is 0 Å². The normalized spacial score (nSPS) is 31.6. The van der Waals surface area contributed by atoms with Crippen molar-refractivity contribution in [1.82, 2.24) is 0 Å². The summed E-state index contributed by atoms with van der Waals surface area (Å²) in [5.74, 6) is 0. The van der Waals surface area contributed by atoms with E-state index in [4.69, 9.17) is 28.0 Å². The SMILES string of the molecule is CCCCCCCCCCCCCCCCCCOP(=O)([O-])OC(COC1OC(CO)C(O)C(O)C1O)COC1OC(CO)C(O)C(O)C1O.[Na+]. The Morgan fingerprint density at radius 2 is 0.941 bits per heavy atom. The van der Waals surface area contributed by atoms with E-state index < -0.39 is 102 Å². The summed E-state index contributed by atoms with van der Waals surface area (Å²) < 4.78 is 44.3. The number of phosphoric acid groups is 1. The van der Waals surface area contributed by atoms with Gasteiger partial charge in [-0.25, -0.2) is 0 Å². The van der Waals surface area contributed by atoms with Gasteiger partial charge in [0.1, 0.15) is 54.9 Å². The van der Waals surface area contributed by atoms with Gasteiger partial charge in [0.05, 0.1) is 33.0 Å². The Balaban J connectivity index is 0.0000130. The van der Waals surface area contributed by atoms with Gasteiger partial charge < -0.3 is 73.7 Å². The van der Waals surface area contributed by atoms with Crippen molar-refractivity contribution in [3.8, 4) is 0 Å². The first-order valence-electron chi connectivity index (χ1n) is 18.4. The zero-order chi connectivity index (χ0) is 36.9. The second-order valence-corrected chi connectivity index (χ2v) is 14.7. The molecule has 0 aliphatic carbocycles. The molecule has 2 aliphatic rings. The van der Waals surface area contributed by atoms with Crippen molar-refractivity contribution in [3.63, 3.8) is 0 Å². The van der Waals surface area contributed by atoms with Crippen molar-refractivity contribution in [2.75, 3.05) is 33.0 Å². The van der Waals surface area contributed by atoms with Gasteiger partial charge in [0.25, 0.3) is 7.82 Å². The second kappa shape index (κ2) is 28.1. The first-order valence-corrected chi connectivity index (χ1v) is 19.9. The van der Waals surface area contributed by atoms with Crippen molar-refractivity contribution in [2.24, 2.45) is 0 Å². The molecule has 2 heterocycles. The van der Waals surface area contributed by atoms with Gasteiger partial charge in [-0.2, -0.15) is 0 Å².